The molecule has 0 aliphatic carbocycles. The van der Waals surface area contributed by atoms with Gasteiger partial charge in [-0.2, -0.15) is 15.5 Å². The van der Waals surface area contributed by atoms with Gasteiger partial charge in [0.25, 0.3) is 0 Å². The Morgan fingerprint density at radius 3 is 2.12 bits per heavy atom. The van der Waals surface area contributed by atoms with Crippen molar-refractivity contribution in [3.63, 3.8) is 0 Å². The molecular weight excluding hydrogens is 318 g/mol. The molecule has 126 valence electrons. The SMILES string of the molecule is C=C(C)C(=O)OCCOc1ccc(/N=N/c2ccc(C#N)cc2)cc1. The second-order valence-electron chi connectivity index (χ2n) is 5.12. The summed E-state index contributed by atoms with van der Waals surface area (Å²) in [6, 6.07) is 15.9. The monoisotopic (exact) mass is 335 g/mol. The van der Waals surface area contributed by atoms with E-state index >= 15 is 0 Å². The van der Waals surface area contributed by atoms with Crippen LogP contribution in [0.4, 0.5) is 11.4 Å². The molecule has 0 N–H and O–H groups in total. The van der Waals surface area contributed by atoms with Crippen LogP contribution in [0.2, 0.25) is 0 Å². The predicted molar refractivity (Wildman–Crippen MR) is 93.0 cm³/mol. The Hall–Kier alpha value is -3.46. The number of nitrogens with zero attached hydrogens (tertiary/aromatic N) is 3. The van der Waals surface area contributed by atoms with Gasteiger partial charge in [0.2, 0.25) is 0 Å². The fourth-order valence-electron chi connectivity index (χ4n) is 1.74. The van der Waals surface area contributed by atoms with E-state index in [0.29, 0.717) is 28.3 Å². The highest BCUT2D eigenvalue weighted by atomic mass is 16.6. The lowest BCUT2D eigenvalue weighted by Gasteiger charge is -2.07. The average molecular weight is 335 g/mol. The molecule has 0 saturated heterocycles. The van der Waals surface area contributed by atoms with Crippen LogP contribution < -0.4 is 4.74 Å². The summed E-state index contributed by atoms with van der Waals surface area (Å²) in [4.78, 5) is 11.2. The van der Waals surface area contributed by atoms with E-state index < -0.39 is 5.97 Å². The number of ether oxygens (including phenoxy) is 2. The van der Waals surface area contributed by atoms with Gasteiger partial charge >= 0.3 is 5.97 Å². The van der Waals surface area contributed by atoms with Gasteiger partial charge in [0.1, 0.15) is 19.0 Å². The average Bonchev–Trinajstić information content (AvgIpc) is 2.64. The van der Waals surface area contributed by atoms with Gasteiger partial charge in [0, 0.05) is 5.57 Å². The summed E-state index contributed by atoms with van der Waals surface area (Å²) in [5, 5.41) is 17.0. The van der Waals surface area contributed by atoms with Crippen LogP contribution >= 0.6 is 0 Å². The summed E-state index contributed by atoms with van der Waals surface area (Å²) in [5.74, 6) is 0.214. The number of esters is 1. The molecule has 0 aliphatic rings. The normalized spacial score (nSPS) is 10.2. The third-order valence-electron chi connectivity index (χ3n) is 3.05. The largest absolute Gasteiger partial charge is 0.490 e. The van der Waals surface area contributed by atoms with Gasteiger partial charge in [-0.1, -0.05) is 6.58 Å². The number of carbonyl (C=O) groups is 1. The zero-order valence-electron chi connectivity index (χ0n) is 13.8. The Bertz CT molecular complexity index is 803. The summed E-state index contributed by atoms with van der Waals surface area (Å²) in [5.41, 5.74) is 2.27. The van der Waals surface area contributed by atoms with Crippen LogP contribution in [-0.4, -0.2) is 19.2 Å². The maximum Gasteiger partial charge on any atom is 0.333 e. The molecule has 0 aromatic heterocycles. The fraction of sp³-hybridized carbons (Fsp3) is 0.158. The fourth-order valence-corrected chi connectivity index (χ4v) is 1.74. The number of carbonyl (C=O) groups excluding carboxylic acids is 1. The first-order valence-electron chi connectivity index (χ1n) is 7.56. The Morgan fingerprint density at radius 2 is 1.60 bits per heavy atom. The number of hydrogen-bond acceptors (Lipinski definition) is 6. The van der Waals surface area contributed by atoms with Crippen molar-refractivity contribution in [3.05, 3.63) is 66.2 Å². The van der Waals surface area contributed by atoms with Crippen LogP contribution in [0.5, 0.6) is 5.75 Å². The highest BCUT2D eigenvalue weighted by Crippen LogP contribution is 2.21. The van der Waals surface area contributed by atoms with Gasteiger partial charge in [-0.25, -0.2) is 4.79 Å². The molecule has 2 rings (SSSR count). The van der Waals surface area contributed by atoms with Crippen molar-refractivity contribution < 1.29 is 14.3 Å². The van der Waals surface area contributed by atoms with Gasteiger partial charge in [-0.3, -0.25) is 0 Å². The molecule has 0 saturated carbocycles. The highest BCUT2D eigenvalue weighted by Gasteiger charge is 2.02. The predicted octanol–water partition coefficient (Wildman–Crippen LogP) is 4.47. The molecule has 0 bridgehead atoms. The smallest absolute Gasteiger partial charge is 0.333 e. The van der Waals surface area contributed by atoms with Crippen molar-refractivity contribution in [1.29, 1.82) is 5.26 Å². The Balaban J connectivity index is 1.83. The minimum Gasteiger partial charge on any atom is -0.490 e. The third kappa shape index (κ3) is 5.92. The van der Waals surface area contributed by atoms with E-state index in [-0.39, 0.29) is 13.2 Å². The Labute approximate surface area is 146 Å². The molecule has 0 unspecified atom stereocenters. The molecule has 0 spiro atoms. The lowest BCUT2D eigenvalue weighted by Crippen LogP contribution is -2.12. The lowest BCUT2D eigenvalue weighted by atomic mass is 10.2. The molecule has 2 aromatic rings. The first-order valence-corrected chi connectivity index (χ1v) is 7.56. The first-order chi connectivity index (χ1) is 12.1. The number of hydrogen-bond donors (Lipinski definition) is 0. The zero-order valence-corrected chi connectivity index (χ0v) is 13.8. The van der Waals surface area contributed by atoms with E-state index in [9.17, 15) is 4.79 Å². The molecule has 0 fully saturated rings. The molecule has 6 nitrogen and oxygen atoms in total. The van der Waals surface area contributed by atoms with E-state index in [2.05, 4.69) is 16.8 Å². The molecule has 0 aliphatic heterocycles. The van der Waals surface area contributed by atoms with Gasteiger partial charge in [-0.05, 0) is 55.5 Å². The minimum absolute atomic E-state index is 0.159. The topological polar surface area (TPSA) is 84.0 Å². The molecule has 6 heteroatoms. The van der Waals surface area contributed by atoms with Gasteiger partial charge in [-0.15, -0.1) is 0 Å². The van der Waals surface area contributed by atoms with Crippen molar-refractivity contribution in [1.82, 2.24) is 0 Å². The zero-order chi connectivity index (χ0) is 18.1. The van der Waals surface area contributed by atoms with E-state index in [0.717, 1.165) is 0 Å². The summed E-state index contributed by atoms with van der Waals surface area (Å²) in [7, 11) is 0. The quantitative estimate of drug-likeness (QED) is 0.323. The van der Waals surface area contributed by atoms with Crippen LogP contribution in [0.1, 0.15) is 12.5 Å². The van der Waals surface area contributed by atoms with Gasteiger partial charge < -0.3 is 9.47 Å². The lowest BCUT2D eigenvalue weighted by molar-refractivity contribution is -0.139. The maximum absolute atomic E-state index is 11.2. The standard InChI is InChI=1S/C19H17N3O3/c1-14(2)19(23)25-12-11-24-18-9-7-17(8-10-18)22-21-16-5-3-15(13-20)4-6-16/h3-10H,1,11-12H2,2H3/b22-21+. The van der Waals surface area contributed by atoms with Crippen molar-refractivity contribution in [2.24, 2.45) is 10.2 Å². The maximum atomic E-state index is 11.2. The number of benzene rings is 2. The van der Waals surface area contributed by atoms with Gasteiger partial charge in [0.05, 0.1) is 23.0 Å². The van der Waals surface area contributed by atoms with E-state index in [4.69, 9.17) is 14.7 Å². The molecule has 0 heterocycles. The summed E-state index contributed by atoms with van der Waals surface area (Å²) in [6.07, 6.45) is 0. The number of nitriles is 1. The summed E-state index contributed by atoms with van der Waals surface area (Å²) < 4.78 is 10.4. The van der Waals surface area contributed by atoms with E-state index in [1.165, 1.54) is 0 Å². The Morgan fingerprint density at radius 1 is 1.04 bits per heavy atom. The molecule has 2 aromatic carbocycles. The van der Waals surface area contributed by atoms with Crippen molar-refractivity contribution in [3.8, 4) is 11.8 Å². The van der Waals surface area contributed by atoms with Crippen molar-refractivity contribution in [2.75, 3.05) is 13.2 Å². The summed E-state index contributed by atoms with van der Waals surface area (Å²) >= 11 is 0. The first kappa shape index (κ1) is 17.9. The van der Waals surface area contributed by atoms with Gasteiger partial charge in [0.15, 0.2) is 0 Å². The second-order valence-corrected chi connectivity index (χ2v) is 5.12. The van der Waals surface area contributed by atoms with Crippen molar-refractivity contribution >= 4 is 17.3 Å². The van der Waals surface area contributed by atoms with Crippen LogP contribution in [0.15, 0.2) is 70.9 Å². The molecular formula is C19H17N3O3. The Kier molecular flexibility index (Phi) is 6.43. The second kappa shape index (κ2) is 8.99. The minimum atomic E-state index is -0.429. The van der Waals surface area contributed by atoms with E-state index in [1.54, 1.807) is 55.5 Å². The third-order valence-corrected chi connectivity index (χ3v) is 3.05. The van der Waals surface area contributed by atoms with Crippen LogP contribution in [0.3, 0.4) is 0 Å². The number of azo groups is 1. The number of rotatable bonds is 7. The highest BCUT2D eigenvalue weighted by molar-refractivity contribution is 5.86. The summed E-state index contributed by atoms with van der Waals surface area (Å²) in [6.45, 7) is 5.51. The molecule has 0 amide bonds. The molecule has 0 radical (unpaired) electrons. The molecule has 0 atom stereocenters. The molecule has 25 heavy (non-hydrogen) atoms. The van der Waals surface area contributed by atoms with Crippen LogP contribution in [0.25, 0.3) is 0 Å². The van der Waals surface area contributed by atoms with Crippen molar-refractivity contribution in [2.45, 2.75) is 6.92 Å². The van der Waals surface area contributed by atoms with Crippen LogP contribution in [-0.2, 0) is 9.53 Å². The van der Waals surface area contributed by atoms with E-state index in [1.807, 2.05) is 6.07 Å². The van der Waals surface area contributed by atoms with Crippen LogP contribution in [0, 0.1) is 11.3 Å².